The number of unbranched alkanes of at least 4 members (excludes halogenated alkanes) is 24. The number of carbonyl (C=O) groups excluding carboxylic acids is 1. The number of esters is 1. The van der Waals surface area contributed by atoms with E-state index in [1.165, 1.54) is 122 Å². The van der Waals surface area contributed by atoms with Gasteiger partial charge in [-0.25, -0.2) is 4.18 Å². The summed E-state index contributed by atoms with van der Waals surface area (Å²) in [5.74, 6) is -0.403. The number of hydrogen-bond acceptors (Lipinski definition) is 11. The molecule has 1 rings (SSSR count). The summed E-state index contributed by atoms with van der Waals surface area (Å²) in [6.45, 7) is 3.88. The van der Waals surface area contributed by atoms with Crippen molar-refractivity contribution >= 4 is 16.4 Å². The highest BCUT2D eigenvalue weighted by Crippen LogP contribution is 2.26. The quantitative estimate of drug-likeness (QED) is 0.0197. The maximum atomic E-state index is 12.9. The fourth-order valence-electron chi connectivity index (χ4n) is 8.07. The van der Waals surface area contributed by atoms with Crippen molar-refractivity contribution in [2.75, 3.05) is 26.4 Å². The van der Waals surface area contributed by atoms with E-state index in [0.717, 1.165) is 70.6 Å². The van der Waals surface area contributed by atoms with E-state index >= 15 is 0 Å². The summed E-state index contributed by atoms with van der Waals surface area (Å²) in [4.78, 5) is 12.9. The summed E-state index contributed by atoms with van der Waals surface area (Å²) >= 11 is 0. The first-order valence-corrected chi connectivity index (χ1v) is 28.4. The molecule has 0 spiro atoms. The van der Waals surface area contributed by atoms with Gasteiger partial charge in [-0.05, 0) is 77.0 Å². The number of allylic oxidation sites excluding steroid dienone is 10. The fourth-order valence-corrected chi connectivity index (χ4v) is 8.58. The maximum absolute atomic E-state index is 12.9. The van der Waals surface area contributed by atoms with Gasteiger partial charge in [0.15, 0.2) is 6.29 Å². The molecule has 6 unspecified atom stereocenters. The van der Waals surface area contributed by atoms with Crippen LogP contribution in [0.1, 0.15) is 219 Å². The van der Waals surface area contributed by atoms with Crippen LogP contribution in [-0.4, -0.2) is 97.5 Å². The van der Waals surface area contributed by atoms with Gasteiger partial charge in [0, 0.05) is 13.0 Å². The molecular weight excluding hydrogens is 885 g/mol. The second kappa shape index (κ2) is 45.9. The molecule has 1 fully saturated rings. The van der Waals surface area contributed by atoms with Gasteiger partial charge in [-0.2, -0.15) is 8.42 Å². The molecule has 0 aromatic carbocycles. The molecule has 4 N–H and O–H groups in total. The van der Waals surface area contributed by atoms with Crippen molar-refractivity contribution in [3.8, 4) is 0 Å². The van der Waals surface area contributed by atoms with Gasteiger partial charge >= 0.3 is 16.4 Å². The Labute approximate surface area is 414 Å². The van der Waals surface area contributed by atoms with Crippen LogP contribution >= 0.6 is 0 Å². The van der Waals surface area contributed by atoms with E-state index in [-0.39, 0.29) is 19.6 Å². The van der Waals surface area contributed by atoms with E-state index in [1.54, 1.807) is 0 Å². The number of carbonyl (C=O) groups is 1. The van der Waals surface area contributed by atoms with Crippen molar-refractivity contribution < 1.29 is 56.2 Å². The molecule has 1 aliphatic heterocycles. The zero-order chi connectivity index (χ0) is 49.6. The van der Waals surface area contributed by atoms with E-state index < -0.39 is 59.8 Å². The van der Waals surface area contributed by atoms with Crippen LogP contribution in [0.3, 0.4) is 0 Å². The number of aliphatic hydroxyl groups excluding tert-OH is 3. The second-order valence-electron chi connectivity index (χ2n) is 18.4. The van der Waals surface area contributed by atoms with E-state index in [9.17, 15) is 33.1 Å². The first kappa shape index (κ1) is 63.8. The van der Waals surface area contributed by atoms with Crippen molar-refractivity contribution in [2.45, 2.75) is 256 Å². The Bertz CT molecular complexity index is 1410. The van der Waals surface area contributed by atoms with E-state index in [2.05, 4.69) is 78.8 Å². The molecule has 0 aromatic rings. The standard InChI is InChI=1S/C55H98O12S/c1-3-5-7-9-11-13-15-17-19-21-23-24-25-27-29-31-33-35-37-39-41-43-45-63-47-49(48-64-55-53(59)54(67-68(60,61)62)52(58)50(46-56)66-55)65-51(57)44-42-40-38-36-34-32-30-28-26-22-20-18-16-14-12-10-8-6-4-2/h5,7,11,13,17-20,23-24,49-50,52-56,58-59H,3-4,6,8-10,12,14-16,21-22,25-48H2,1-2H3,(H,60,61,62)/b7-5-,13-11-,19-17-,20-18-,24-23-. The highest BCUT2D eigenvalue weighted by Gasteiger charge is 2.48. The van der Waals surface area contributed by atoms with Gasteiger partial charge in [-0.3, -0.25) is 9.35 Å². The summed E-state index contributed by atoms with van der Waals surface area (Å²) in [6.07, 6.45) is 49.6. The molecule has 396 valence electrons. The average Bonchev–Trinajstić information content (AvgIpc) is 3.31. The van der Waals surface area contributed by atoms with Crippen molar-refractivity contribution in [2.24, 2.45) is 0 Å². The molecule has 0 radical (unpaired) electrons. The van der Waals surface area contributed by atoms with Gasteiger partial charge in [0.05, 0.1) is 19.8 Å². The average molecular weight is 983 g/mol. The normalized spacial score (nSPS) is 19.8. The minimum atomic E-state index is -5.07. The van der Waals surface area contributed by atoms with Crippen molar-refractivity contribution in [3.63, 3.8) is 0 Å². The monoisotopic (exact) mass is 983 g/mol. The Hall–Kier alpha value is -2.20. The van der Waals surface area contributed by atoms with Gasteiger partial charge < -0.3 is 34.3 Å². The van der Waals surface area contributed by atoms with Gasteiger partial charge in [-0.15, -0.1) is 0 Å². The van der Waals surface area contributed by atoms with E-state index in [1.807, 2.05) is 0 Å². The third-order valence-electron chi connectivity index (χ3n) is 12.1. The van der Waals surface area contributed by atoms with Crippen molar-refractivity contribution in [1.29, 1.82) is 0 Å². The molecule has 1 saturated heterocycles. The summed E-state index contributed by atoms with van der Waals surface area (Å²) in [7, 11) is -5.07. The Morgan fingerprint density at radius 3 is 1.50 bits per heavy atom. The number of rotatable bonds is 47. The lowest BCUT2D eigenvalue weighted by Crippen LogP contribution is -2.60. The predicted molar refractivity (Wildman–Crippen MR) is 276 cm³/mol. The molecule has 0 saturated carbocycles. The van der Waals surface area contributed by atoms with Gasteiger partial charge in [0.25, 0.3) is 0 Å². The van der Waals surface area contributed by atoms with E-state index in [4.69, 9.17) is 18.9 Å². The van der Waals surface area contributed by atoms with Crippen LogP contribution in [-0.2, 0) is 38.3 Å². The molecule has 1 aliphatic rings. The molecule has 1 heterocycles. The van der Waals surface area contributed by atoms with Crippen LogP contribution in [0.4, 0.5) is 0 Å². The summed E-state index contributed by atoms with van der Waals surface area (Å²) in [5, 5.41) is 30.8. The third-order valence-corrected chi connectivity index (χ3v) is 12.6. The molecule has 0 aliphatic carbocycles. The second-order valence-corrected chi connectivity index (χ2v) is 19.5. The third kappa shape index (κ3) is 38.5. The lowest BCUT2D eigenvalue weighted by Gasteiger charge is -2.41. The number of aliphatic hydroxyl groups is 3. The highest BCUT2D eigenvalue weighted by molar-refractivity contribution is 7.80. The van der Waals surface area contributed by atoms with Gasteiger partial charge in [0.2, 0.25) is 0 Å². The van der Waals surface area contributed by atoms with Crippen molar-refractivity contribution in [1.82, 2.24) is 0 Å². The van der Waals surface area contributed by atoms with Gasteiger partial charge in [-0.1, -0.05) is 197 Å². The first-order valence-electron chi connectivity index (χ1n) is 27.0. The first-order chi connectivity index (χ1) is 33.1. The summed E-state index contributed by atoms with van der Waals surface area (Å²) in [6, 6.07) is 0. The maximum Gasteiger partial charge on any atom is 0.397 e. The summed E-state index contributed by atoms with van der Waals surface area (Å²) < 4.78 is 59.3. The molecule has 6 atom stereocenters. The number of hydrogen-bond donors (Lipinski definition) is 4. The summed E-state index contributed by atoms with van der Waals surface area (Å²) in [5.41, 5.74) is 0. The molecule has 68 heavy (non-hydrogen) atoms. The zero-order valence-electron chi connectivity index (χ0n) is 42.7. The van der Waals surface area contributed by atoms with Crippen LogP contribution < -0.4 is 0 Å². The van der Waals surface area contributed by atoms with E-state index in [0.29, 0.717) is 13.0 Å². The topological polar surface area (TPSA) is 178 Å². The fraction of sp³-hybridized carbons (Fsp3) is 0.800. The molecule has 0 aromatic heterocycles. The van der Waals surface area contributed by atoms with Crippen LogP contribution in [0, 0.1) is 0 Å². The largest absolute Gasteiger partial charge is 0.457 e. The lowest BCUT2D eigenvalue weighted by molar-refractivity contribution is -0.301. The van der Waals surface area contributed by atoms with Gasteiger partial charge in [0.1, 0.15) is 30.5 Å². The van der Waals surface area contributed by atoms with Crippen LogP contribution in [0.2, 0.25) is 0 Å². The Morgan fingerprint density at radius 1 is 0.574 bits per heavy atom. The molecular formula is C55H98O12S. The zero-order valence-corrected chi connectivity index (χ0v) is 43.5. The number of ether oxygens (including phenoxy) is 4. The Kier molecular flexibility index (Phi) is 43.1. The minimum Gasteiger partial charge on any atom is -0.457 e. The Morgan fingerprint density at radius 2 is 1.01 bits per heavy atom. The highest BCUT2D eigenvalue weighted by atomic mass is 32.3. The molecule has 13 heteroatoms. The lowest BCUT2D eigenvalue weighted by atomic mass is 9.99. The van der Waals surface area contributed by atoms with Crippen LogP contribution in [0.15, 0.2) is 60.8 Å². The van der Waals surface area contributed by atoms with Crippen LogP contribution in [0.5, 0.6) is 0 Å². The van der Waals surface area contributed by atoms with Crippen LogP contribution in [0.25, 0.3) is 0 Å². The molecule has 0 amide bonds. The smallest absolute Gasteiger partial charge is 0.397 e. The Balaban J connectivity index is 2.34. The van der Waals surface area contributed by atoms with Crippen molar-refractivity contribution in [3.05, 3.63) is 60.8 Å². The predicted octanol–water partition coefficient (Wildman–Crippen LogP) is 12.9. The SMILES string of the molecule is CC/C=C\C/C=C\C/C=C\C/C=C\CCCCCCCCCCCOCC(COC1OC(CO)C(O)C(OS(=O)(=O)O)C1O)OC(=O)CCCCCCCCCCC/C=C\CCCCCCCC. The minimum absolute atomic E-state index is 0.0297. The molecule has 0 bridgehead atoms. The molecule has 12 nitrogen and oxygen atoms in total.